The Labute approximate surface area is 120 Å². The number of nitrogens with two attached hydrogens (primary N) is 2. The molecule has 1 heterocycles. The van der Waals surface area contributed by atoms with Crippen molar-refractivity contribution in [1.82, 2.24) is 9.97 Å². The molecule has 8 heteroatoms. The molecule has 0 unspecified atom stereocenters. The highest BCUT2D eigenvalue weighted by Crippen LogP contribution is 2.36. The van der Waals surface area contributed by atoms with Crippen LogP contribution < -0.4 is 22.3 Å². The van der Waals surface area contributed by atoms with Crippen LogP contribution in [0.1, 0.15) is 0 Å². The summed E-state index contributed by atoms with van der Waals surface area (Å²) in [7, 11) is 0. The Morgan fingerprint density at radius 3 is 2.85 bits per heavy atom. The number of benzene rings is 1. The molecular weight excluding hydrogens is 280 g/mol. The lowest BCUT2D eigenvalue weighted by molar-refractivity contribution is -0.106. The number of rotatable bonds is 5. The molecule has 20 heavy (non-hydrogen) atoms. The van der Waals surface area contributed by atoms with Crippen LogP contribution in [0.2, 0.25) is 5.02 Å². The van der Waals surface area contributed by atoms with Gasteiger partial charge in [-0.1, -0.05) is 11.6 Å². The molecule has 0 fully saturated rings. The van der Waals surface area contributed by atoms with Crippen molar-refractivity contribution >= 4 is 35.1 Å². The number of halogens is 1. The Kier molecular flexibility index (Phi) is 4.34. The summed E-state index contributed by atoms with van der Waals surface area (Å²) >= 11 is 5.95. The van der Waals surface area contributed by atoms with Gasteiger partial charge in [-0.15, -0.1) is 0 Å². The van der Waals surface area contributed by atoms with Crippen molar-refractivity contribution in [3.63, 3.8) is 0 Å². The van der Waals surface area contributed by atoms with E-state index in [-0.39, 0.29) is 6.54 Å². The van der Waals surface area contributed by atoms with Crippen molar-refractivity contribution in [2.24, 2.45) is 5.84 Å². The standard InChI is InChI=1S/C12H13ClN6O/c13-8-2-1-7(12(19-15)11(8)14)9-5-10(16-3-4-20)18-6-17-9/h1-2,4-6,19H,3,14-15H2,(H,16,17,18). The van der Waals surface area contributed by atoms with E-state index in [4.69, 9.17) is 23.2 Å². The fraction of sp³-hybridized carbons (Fsp3) is 0.0833. The maximum Gasteiger partial charge on any atom is 0.139 e. The maximum atomic E-state index is 10.4. The Hall–Kier alpha value is -2.38. The van der Waals surface area contributed by atoms with E-state index in [1.165, 1.54) is 6.33 Å². The SMILES string of the molecule is NNc1c(-c2cc(NCC=O)ncn2)ccc(Cl)c1N. The summed E-state index contributed by atoms with van der Waals surface area (Å²) in [5, 5.41) is 3.24. The molecule has 2 rings (SSSR count). The maximum absolute atomic E-state index is 10.4. The summed E-state index contributed by atoms with van der Waals surface area (Å²) in [5.74, 6) is 6.01. The number of aromatic nitrogens is 2. The predicted molar refractivity (Wildman–Crippen MR) is 79.3 cm³/mol. The summed E-state index contributed by atoms with van der Waals surface area (Å²) < 4.78 is 0. The first-order valence-corrected chi connectivity index (χ1v) is 6.09. The summed E-state index contributed by atoms with van der Waals surface area (Å²) in [6.07, 6.45) is 2.13. The Morgan fingerprint density at radius 1 is 1.35 bits per heavy atom. The van der Waals surface area contributed by atoms with E-state index in [1.54, 1.807) is 18.2 Å². The molecule has 0 aliphatic carbocycles. The largest absolute Gasteiger partial charge is 0.396 e. The van der Waals surface area contributed by atoms with Gasteiger partial charge in [0.15, 0.2) is 0 Å². The zero-order chi connectivity index (χ0) is 14.5. The van der Waals surface area contributed by atoms with E-state index in [1.807, 2.05) is 0 Å². The molecule has 1 aromatic carbocycles. The lowest BCUT2D eigenvalue weighted by atomic mass is 10.1. The summed E-state index contributed by atoms with van der Waals surface area (Å²) in [4.78, 5) is 18.5. The monoisotopic (exact) mass is 292 g/mol. The topological polar surface area (TPSA) is 119 Å². The molecule has 0 saturated carbocycles. The number of hydrazine groups is 1. The second-order valence-electron chi connectivity index (χ2n) is 3.86. The lowest BCUT2D eigenvalue weighted by Gasteiger charge is -2.13. The second-order valence-corrected chi connectivity index (χ2v) is 4.27. The highest BCUT2D eigenvalue weighted by atomic mass is 35.5. The molecule has 0 bridgehead atoms. The highest BCUT2D eigenvalue weighted by molar-refractivity contribution is 6.34. The van der Waals surface area contributed by atoms with Crippen LogP contribution >= 0.6 is 11.6 Å². The van der Waals surface area contributed by atoms with Gasteiger partial charge in [0.25, 0.3) is 0 Å². The number of hydrogen-bond donors (Lipinski definition) is 4. The Morgan fingerprint density at radius 2 is 2.15 bits per heavy atom. The van der Waals surface area contributed by atoms with Crippen LogP contribution in [-0.2, 0) is 4.79 Å². The normalized spacial score (nSPS) is 10.1. The minimum absolute atomic E-state index is 0.168. The third-order valence-corrected chi connectivity index (χ3v) is 2.98. The predicted octanol–water partition coefficient (Wildman–Crippen LogP) is 1.28. The van der Waals surface area contributed by atoms with Crippen molar-refractivity contribution in [2.75, 3.05) is 23.0 Å². The van der Waals surface area contributed by atoms with Crippen molar-refractivity contribution in [3.8, 4) is 11.3 Å². The molecule has 2 aromatic rings. The van der Waals surface area contributed by atoms with E-state index in [9.17, 15) is 4.79 Å². The zero-order valence-corrected chi connectivity index (χ0v) is 11.2. The number of aldehydes is 1. The molecule has 7 nitrogen and oxygen atoms in total. The van der Waals surface area contributed by atoms with Gasteiger partial charge in [-0.25, -0.2) is 9.97 Å². The quantitative estimate of drug-likeness (QED) is 0.283. The molecule has 0 atom stereocenters. The van der Waals surface area contributed by atoms with Crippen LogP contribution in [0.3, 0.4) is 0 Å². The number of hydrogen-bond acceptors (Lipinski definition) is 7. The highest BCUT2D eigenvalue weighted by Gasteiger charge is 2.12. The molecule has 104 valence electrons. The van der Waals surface area contributed by atoms with Gasteiger partial charge in [0.05, 0.1) is 28.6 Å². The number of carbonyl (C=O) groups is 1. The number of nitrogen functional groups attached to an aromatic ring is 2. The summed E-state index contributed by atoms with van der Waals surface area (Å²) in [6.45, 7) is 0.168. The van der Waals surface area contributed by atoms with Crippen LogP contribution in [0.5, 0.6) is 0 Å². The number of nitrogens with one attached hydrogen (secondary N) is 2. The molecule has 6 N–H and O–H groups in total. The average Bonchev–Trinajstić information content (AvgIpc) is 2.48. The van der Waals surface area contributed by atoms with Crippen LogP contribution in [0.25, 0.3) is 11.3 Å². The average molecular weight is 293 g/mol. The van der Waals surface area contributed by atoms with Gasteiger partial charge >= 0.3 is 0 Å². The van der Waals surface area contributed by atoms with Crippen molar-refractivity contribution in [3.05, 3.63) is 29.5 Å². The van der Waals surface area contributed by atoms with E-state index in [2.05, 4.69) is 20.7 Å². The molecule has 0 amide bonds. The van der Waals surface area contributed by atoms with Crippen LogP contribution in [-0.4, -0.2) is 22.8 Å². The van der Waals surface area contributed by atoms with E-state index < -0.39 is 0 Å². The molecule has 0 aliphatic heterocycles. The fourth-order valence-electron chi connectivity index (χ4n) is 1.71. The Bertz CT molecular complexity index is 633. The van der Waals surface area contributed by atoms with Gasteiger partial charge in [0.1, 0.15) is 18.4 Å². The number of carbonyl (C=O) groups excluding carboxylic acids is 1. The molecular formula is C12H13ClN6O. The second kappa shape index (κ2) is 6.18. The lowest BCUT2D eigenvalue weighted by Crippen LogP contribution is -2.11. The Balaban J connectivity index is 2.46. The minimum atomic E-state index is 0.168. The smallest absolute Gasteiger partial charge is 0.139 e. The van der Waals surface area contributed by atoms with Gasteiger partial charge in [0.2, 0.25) is 0 Å². The van der Waals surface area contributed by atoms with Crippen LogP contribution in [0.4, 0.5) is 17.2 Å². The van der Waals surface area contributed by atoms with Gasteiger partial charge in [0, 0.05) is 11.6 Å². The molecule has 0 aliphatic rings. The summed E-state index contributed by atoms with van der Waals surface area (Å²) in [5.41, 5.74) is 10.5. The van der Waals surface area contributed by atoms with Gasteiger partial charge in [-0.2, -0.15) is 0 Å². The molecule has 1 aromatic heterocycles. The fourth-order valence-corrected chi connectivity index (χ4v) is 1.87. The third-order valence-electron chi connectivity index (χ3n) is 2.65. The molecule has 0 spiro atoms. The van der Waals surface area contributed by atoms with E-state index in [0.29, 0.717) is 33.5 Å². The number of anilines is 3. The summed E-state index contributed by atoms with van der Waals surface area (Å²) in [6, 6.07) is 5.10. The zero-order valence-electron chi connectivity index (χ0n) is 10.4. The molecule has 0 saturated heterocycles. The molecule has 0 radical (unpaired) electrons. The minimum Gasteiger partial charge on any atom is -0.396 e. The van der Waals surface area contributed by atoms with Crippen LogP contribution in [0, 0.1) is 0 Å². The first kappa shape index (κ1) is 14.0. The van der Waals surface area contributed by atoms with Gasteiger partial charge in [-0.05, 0) is 12.1 Å². The number of nitrogens with zero attached hydrogens (tertiary/aromatic N) is 2. The van der Waals surface area contributed by atoms with Crippen molar-refractivity contribution < 1.29 is 4.79 Å². The third kappa shape index (κ3) is 2.79. The van der Waals surface area contributed by atoms with Crippen LogP contribution in [0.15, 0.2) is 24.5 Å². The van der Waals surface area contributed by atoms with E-state index >= 15 is 0 Å². The first-order valence-electron chi connectivity index (χ1n) is 5.72. The first-order chi connectivity index (χ1) is 9.67. The van der Waals surface area contributed by atoms with Gasteiger partial charge in [-0.3, -0.25) is 5.84 Å². The van der Waals surface area contributed by atoms with Gasteiger partial charge < -0.3 is 21.3 Å². The van der Waals surface area contributed by atoms with E-state index in [0.717, 1.165) is 6.29 Å². The van der Waals surface area contributed by atoms with Crippen molar-refractivity contribution in [2.45, 2.75) is 0 Å². The van der Waals surface area contributed by atoms with Crippen molar-refractivity contribution in [1.29, 1.82) is 0 Å².